The lowest BCUT2D eigenvalue weighted by molar-refractivity contribution is -0.230. The van der Waals surface area contributed by atoms with E-state index in [1.807, 2.05) is 0 Å². The third-order valence-corrected chi connectivity index (χ3v) is 13.4. The minimum absolute atomic E-state index is 0.0671. The molecule has 0 radical (unpaired) electrons. The van der Waals surface area contributed by atoms with E-state index in [1.54, 1.807) is 0 Å². The highest BCUT2D eigenvalue weighted by molar-refractivity contribution is 5.90. The van der Waals surface area contributed by atoms with Gasteiger partial charge in [-0.25, -0.2) is 0 Å². The van der Waals surface area contributed by atoms with Gasteiger partial charge in [0.05, 0.1) is 11.1 Å². The predicted octanol–water partition coefficient (Wildman–Crippen LogP) is 7.56. The standard InChI is InChI=1S/C30H47NO3/c1-18(2)19-10-15-30(25(32)33)17-16-28(6)20(24(19)30)8-9-22-27(5)13-12-23(31-34)26(3,4)21(27)11-14-29(22,28)7/h19-22,24,34H,1,8-17H2,2-7H3,(H,32,33)/b31-23+/t19?,20?,21?,22?,24?,27-,28-,29+,30-/m0/s1. The van der Waals surface area contributed by atoms with Crippen LogP contribution >= 0.6 is 0 Å². The molecule has 0 saturated heterocycles. The molecule has 0 aliphatic heterocycles. The Morgan fingerprint density at radius 2 is 1.62 bits per heavy atom. The van der Waals surface area contributed by atoms with E-state index >= 15 is 0 Å². The fourth-order valence-corrected chi connectivity index (χ4v) is 11.5. The van der Waals surface area contributed by atoms with Gasteiger partial charge in [-0.05, 0) is 117 Å². The second kappa shape index (κ2) is 7.35. The van der Waals surface area contributed by atoms with E-state index < -0.39 is 11.4 Å². The van der Waals surface area contributed by atoms with Crippen molar-refractivity contribution in [2.45, 2.75) is 106 Å². The first-order valence-electron chi connectivity index (χ1n) is 13.9. The van der Waals surface area contributed by atoms with Crippen LogP contribution in [0.3, 0.4) is 0 Å². The second-order valence-electron chi connectivity index (χ2n) is 14.4. The van der Waals surface area contributed by atoms with Gasteiger partial charge in [-0.15, -0.1) is 0 Å². The SMILES string of the molecule is C=C(C)C1CC[C@]2(C(=O)O)CC[C@@]3(C)C(CCC4[C@@]5(C)CC/C(=N\O)C(C)(C)C5CC[C@]43C)C12. The fraction of sp³-hybridized carbons (Fsp3) is 0.867. The van der Waals surface area contributed by atoms with Gasteiger partial charge in [-0.2, -0.15) is 0 Å². The molecule has 5 aliphatic rings. The van der Waals surface area contributed by atoms with E-state index in [0.717, 1.165) is 50.7 Å². The van der Waals surface area contributed by atoms with Crippen molar-refractivity contribution in [2.24, 2.45) is 61.8 Å². The topological polar surface area (TPSA) is 69.9 Å². The molecule has 5 saturated carbocycles. The van der Waals surface area contributed by atoms with Gasteiger partial charge in [-0.3, -0.25) is 4.79 Å². The molecule has 4 heteroatoms. The average molecular weight is 470 g/mol. The number of oxime groups is 1. The molecule has 0 heterocycles. The fourth-order valence-electron chi connectivity index (χ4n) is 11.5. The van der Waals surface area contributed by atoms with Crippen LogP contribution < -0.4 is 0 Å². The van der Waals surface area contributed by atoms with Crippen LogP contribution in [-0.2, 0) is 4.79 Å². The van der Waals surface area contributed by atoms with Crippen LogP contribution in [0.2, 0.25) is 0 Å². The van der Waals surface area contributed by atoms with Gasteiger partial charge < -0.3 is 10.3 Å². The smallest absolute Gasteiger partial charge is 0.309 e. The third-order valence-electron chi connectivity index (χ3n) is 13.4. The molecule has 0 aromatic rings. The van der Waals surface area contributed by atoms with Crippen molar-refractivity contribution in [3.05, 3.63) is 12.2 Å². The van der Waals surface area contributed by atoms with Crippen LogP contribution in [0.25, 0.3) is 0 Å². The molecular weight excluding hydrogens is 422 g/mol. The van der Waals surface area contributed by atoms with Crippen LogP contribution in [-0.4, -0.2) is 22.0 Å². The molecule has 5 fully saturated rings. The number of nitrogens with zero attached hydrogens (tertiary/aromatic N) is 1. The highest BCUT2D eigenvalue weighted by Gasteiger charge is 2.71. The van der Waals surface area contributed by atoms with Crippen LogP contribution in [0.15, 0.2) is 17.3 Å². The molecule has 9 atom stereocenters. The minimum Gasteiger partial charge on any atom is -0.481 e. The Morgan fingerprint density at radius 3 is 2.24 bits per heavy atom. The van der Waals surface area contributed by atoms with Gasteiger partial charge in [0.15, 0.2) is 0 Å². The molecule has 5 unspecified atom stereocenters. The molecule has 4 nitrogen and oxygen atoms in total. The highest BCUT2D eigenvalue weighted by Crippen LogP contribution is 2.77. The molecular formula is C30H47NO3. The van der Waals surface area contributed by atoms with Crippen molar-refractivity contribution < 1.29 is 15.1 Å². The predicted molar refractivity (Wildman–Crippen MR) is 136 cm³/mol. The normalized spacial score (nSPS) is 52.8. The number of allylic oxidation sites excluding steroid dienone is 1. The molecule has 190 valence electrons. The van der Waals surface area contributed by atoms with Crippen molar-refractivity contribution in [1.29, 1.82) is 0 Å². The number of hydrogen-bond acceptors (Lipinski definition) is 3. The second-order valence-corrected chi connectivity index (χ2v) is 14.4. The monoisotopic (exact) mass is 469 g/mol. The largest absolute Gasteiger partial charge is 0.481 e. The maximum absolute atomic E-state index is 12.8. The minimum atomic E-state index is -0.545. The Bertz CT molecular complexity index is 937. The maximum Gasteiger partial charge on any atom is 0.309 e. The van der Waals surface area contributed by atoms with Crippen LogP contribution in [0.4, 0.5) is 0 Å². The van der Waals surface area contributed by atoms with Crippen molar-refractivity contribution in [3.63, 3.8) is 0 Å². The van der Waals surface area contributed by atoms with Crippen molar-refractivity contribution in [2.75, 3.05) is 0 Å². The quantitative estimate of drug-likeness (QED) is 0.249. The van der Waals surface area contributed by atoms with Gasteiger partial charge in [0.25, 0.3) is 0 Å². The molecule has 0 bridgehead atoms. The first-order chi connectivity index (χ1) is 15.8. The van der Waals surface area contributed by atoms with Crippen molar-refractivity contribution >= 4 is 11.7 Å². The van der Waals surface area contributed by atoms with Crippen molar-refractivity contribution in [3.8, 4) is 0 Å². The van der Waals surface area contributed by atoms with E-state index in [2.05, 4.69) is 53.3 Å². The summed E-state index contributed by atoms with van der Waals surface area (Å²) in [6.45, 7) is 18.8. The summed E-state index contributed by atoms with van der Waals surface area (Å²) >= 11 is 0. The summed E-state index contributed by atoms with van der Waals surface area (Å²) in [6.07, 6.45) is 10.5. The summed E-state index contributed by atoms with van der Waals surface area (Å²) < 4.78 is 0. The number of carboxylic acids is 1. The Labute approximate surface area is 206 Å². The zero-order chi connectivity index (χ0) is 24.9. The van der Waals surface area contributed by atoms with Gasteiger partial charge in [0.1, 0.15) is 0 Å². The summed E-state index contributed by atoms with van der Waals surface area (Å²) in [5.74, 6) is 1.69. The Balaban J connectivity index is 1.56. The summed E-state index contributed by atoms with van der Waals surface area (Å²) in [4.78, 5) is 12.8. The van der Waals surface area contributed by atoms with Gasteiger partial charge in [0.2, 0.25) is 0 Å². The summed E-state index contributed by atoms with van der Waals surface area (Å²) in [7, 11) is 0. The molecule has 0 aromatic heterocycles. The molecule has 34 heavy (non-hydrogen) atoms. The number of hydrogen-bond donors (Lipinski definition) is 2. The first-order valence-corrected chi connectivity index (χ1v) is 13.9. The molecule has 0 amide bonds. The van der Waals surface area contributed by atoms with E-state index in [4.69, 9.17) is 0 Å². The molecule has 0 aromatic carbocycles. The zero-order valence-corrected chi connectivity index (χ0v) is 22.4. The number of fused-ring (bicyclic) bond motifs is 7. The Morgan fingerprint density at radius 1 is 0.912 bits per heavy atom. The lowest BCUT2D eigenvalue weighted by atomic mass is 9.32. The van der Waals surface area contributed by atoms with Gasteiger partial charge in [-0.1, -0.05) is 51.9 Å². The Kier molecular flexibility index (Phi) is 5.27. The number of aliphatic carboxylic acids is 1. The van der Waals surface area contributed by atoms with E-state index in [-0.39, 0.29) is 27.6 Å². The number of rotatable bonds is 2. The van der Waals surface area contributed by atoms with E-state index in [1.165, 1.54) is 24.8 Å². The first kappa shape index (κ1) is 24.4. The summed E-state index contributed by atoms with van der Waals surface area (Å²) in [5, 5.41) is 24.0. The average Bonchev–Trinajstić information content (AvgIpc) is 3.15. The lowest BCUT2D eigenvalue weighted by Crippen LogP contribution is -2.66. The molecule has 5 rings (SSSR count). The van der Waals surface area contributed by atoms with Gasteiger partial charge >= 0.3 is 5.97 Å². The summed E-state index contributed by atoms with van der Waals surface area (Å²) in [5.41, 5.74) is 2.20. The zero-order valence-electron chi connectivity index (χ0n) is 22.4. The summed E-state index contributed by atoms with van der Waals surface area (Å²) in [6, 6.07) is 0. The van der Waals surface area contributed by atoms with E-state index in [9.17, 15) is 15.1 Å². The number of carboxylic acid groups (broad SMARTS) is 1. The van der Waals surface area contributed by atoms with Crippen LogP contribution in [0.1, 0.15) is 106 Å². The lowest BCUT2D eigenvalue weighted by Gasteiger charge is -2.72. The highest BCUT2D eigenvalue weighted by atomic mass is 16.4. The molecule has 0 spiro atoms. The Hall–Kier alpha value is -1.32. The third kappa shape index (κ3) is 2.72. The molecule has 5 aliphatic carbocycles. The maximum atomic E-state index is 12.8. The van der Waals surface area contributed by atoms with Gasteiger partial charge in [0, 0.05) is 5.41 Å². The molecule has 2 N–H and O–H groups in total. The van der Waals surface area contributed by atoms with Crippen molar-refractivity contribution in [1.82, 2.24) is 0 Å². The van der Waals surface area contributed by atoms with Crippen LogP contribution in [0, 0.1) is 56.7 Å². The van der Waals surface area contributed by atoms with Crippen LogP contribution in [0.5, 0.6) is 0 Å². The van der Waals surface area contributed by atoms with E-state index in [0.29, 0.717) is 23.7 Å². The number of carbonyl (C=O) groups is 1.